The van der Waals surface area contributed by atoms with Crippen molar-refractivity contribution < 1.29 is 9.53 Å². The molecule has 0 atom stereocenters. The van der Waals surface area contributed by atoms with Gasteiger partial charge in [0.15, 0.2) is 0 Å². The molecule has 2 aromatic carbocycles. The van der Waals surface area contributed by atoms with Crippen molar-refractivity contribution in [2.45, 2.75) is 65.3 Å². The Labute approximate surface area is 268 Å². The van der Waals surface area contributed by atoms with Gasteiger partial charge in [0.25, 0.3) is 11.5 Å². The molecule has 1 amide bonds. The van der Waals surface area contributed by atoms with Crippen LogP contribution in [0.5, 0.6) is 0 Å². The van der Waals surface area contributed by atoms with Crippen molar-refractivity contribution in [1.82, 2.24) is 14.5 Å². The minimum absolute atomic E-state index is 0.0583. The highest BCUT2D eigenvalue weighted by Crippen LogP contribution is 2.38. The fourth-order valence-electron chi connectivity index (χ4n) is 6.44. The summed E-state index contributed by atoms with van der Waals surface area (Å²) in [6, 6.07) is 15.5. The molecule has 6 rings (SSSR count). The van der Waals surface area contributed by atoms with Crippen LogP contribution < -0.4 is 5.56 Å². The Kier molecular flexibility index (Phi) is 8.64. The SMILES string of the molecule is CCc1cccc(CC)c1-n1c(C=C(C)C)c(C(=O)N2CCCCC23COC3)cc(-c2nc(-c3ccc(Cl)cc3)cs2)c1=O. The average Bonchev–Trinajstić information content (AvgIpc) is 3.50. The summed E-state index contributed by atoms with van der Waals surface area (Å²) in [5.74, 6) is -0.0583. The predicted molar refractivity (Wildman–Crippen MR) is 180 cm³/mol. The first kappa shape index (κ1) is 30.5. The van der Waals surface area contributed by atoms with Gasteiger partial charge in [0.1, 0.15) is 5.01 Å². The first-order valence-electron chi connectivity index (χ1n) is 15.4. The van der Waals surface area contributed by atoms with Gasteiger partial charge < -0.3 is 9.64 Å². The number of halogens is 1. The Morgan fingerprint density at radius 3 is 2.39 bits per heavy atom. The van der Waals surface area contributed by atoms with Crippen molar-refractivity contribution in [3.63, 3.8) is 0 Å². The molecule has 44 heavy (non-hydrogen) atoms. The van der Waals surface area contributed by atoms with Gasteiger partial charge in [0, 0.05) is 22.5 Å². The van der Waals surface area contributed by atoms with Crippen LogP contribution >= 0.6 is 22.9 Å². The largest absolute Gasteiger partial charge is 0.376 e. The standard InChI is InChI=1S/C36H38ClN3O3S/c1-5-24-10-9-11-25(6-2)32(24)40-31(18-23(3)4)28(34(41)39-17-8-7-16-36(39)21-43-22-36)19-29(35(40)42)33-38-30(20-44-33)26-12-14-27(37)15-13-26/h9-15,18-20H,5-8,16-17,21-22H2,1-4H3. The monoisotopic (exact) mass is 627 g/mol. The van der Waals surface area contributed by atoms with Crippen molar-refractivity contribution in [2.75, 3.05) is 19.8 Å². The number of aromatic nitrogens is 2. The fourth-order valence-corrected chi connectivity index (χ4v) is 7.40. The Bertz CT molecular complexity index is 1770. The van der Waals surface area contributed by atoms with Gasteiger partial charge in [0.2, 0.25) is 0 Å². The van der Waals surface area contributed by atoms with Gasteiger partial charge in [-0.3, -0.25) is 14.2 Å². The highest BCUT2D eigenvalue weighted by atomic mass is 35.5. The van der Waals surface area contributed by atoms with Gasteiger partial charge >= 0.3 is 0 Å². The summed E-state index contributed by atoms with van der Waals surface area (Å²) in [5, 5.41) is 3.19. The van der Waals surface area contributed by atoms with E-state index < -0.39 is 0 Å². The fraction of sp³-hybridized carbons (Fsp3) is 0.361. The van der Waals surface area contributed by atoms with Crippen LogP contribution in [0.4, 0.5) is 0 Å². The predicted octanol–water partition coefficient (Wildman–Crippen LogP) is 8.22. The number of ether oxygens (including phenoxy) is 1. The summed E-state index contributed by atoms with van der Waals surface area (Å²) >= 11 is 7.55. The molecule has 0 N–H and O–H groups in total. The second-order valence-corrected chi connectivity index (χ2v) is 13.3. The van der Waals surface area contributed by atoms with Crippen LogP contribution in [0.25, 0.3) is 33.6 Å². The number of carbonyl (C=O) groups excluding carboxylic acids is 1. The molecule has 0 bridgehead atoms. The summed E-state index contributed by atoms with van der Waals surface area (Å²) in [4.78, 5) is 36.5. The molecule has 1 spiro atoms. The molecule has 8 heteroatoms. The maximum atomic E-state index is 14.8. The molecule has 4 aromatic rings. The zero-order valence-electron chi connectivity index (χ0n) is 25.8. The van der Waals surface area contributed by atoms with E-state index in [1.807, 2.05) is 54.5 Å². The number of benzene rings is 2. The van der Waals surface area contributed by atoms with E-state index in [1.54, 1.807) is 10.6 Å². The lowest BCUT2D eigenvalue weighted by atomic mass is 9.84. The van der Waals surface area contributed by atoms with Crippen molar-refractivity contribution in [1.29, 1.82) is 0 Å². The number of hydrogen-bond acceptors (Lipinski definition) is 5. The highest BCUT2D eigenvalue weighted by molar-refractivity contribution is 7.13. The Hall–Kier alpha value is -3.52. The molecule has 0 saturated carbocycles. The van der Waals surface area contributed by atoms with Crippen LogP contribution in [0.3, 0.4) is 0 Å². The molecule has 228 valence electrons. The number of nitrogens with zero attached hydrogens (tertiary/aromatic N) is 3. The second-order valence-electron chi connectivity index (χ2n) is 12.0. The number of amides is 1. The normalized spacial score (nSPS) is 15.7. The number of thiazole rings is 1. The molecule has 0 aliphatic carbocycles. The number of likely N-dealkylation sites (tertiary alicyclic amines) is 1. The van der Waals surface area contributed by atoms with Gasteiger partial charge in [-0.15, -0.1) is 11.3 Å². The molecule has 2 aliphatic rings. The Morgan fingerprint density at radius 2 is 1.77 bits per heavy atom. The molecule has 2 saturated heterocycles. The zero-order valence-corrected chi connectivity index (χ0v) is 27.4. The number of para-hydroxylation sites is 1. The number of hydrogen-bond donors (Lipinski definition) is 0. The quantitative estimate of drug-likeness (QED) is 0.207. The van der Waals surface area contributed by atoms with Gasteiger partial charge in [-0.2, -0.15) is 0 Å². The van der Waals surface area contributed by atoms with Gasteiger partial charge in [-0.25, -0.2) is 4.98 Å². The van der Waals surface area contributed by atoms with Crippen LogP contribution in [0.1, 0.15) is 74.1 Å². The molecule has 2 aliphatic heterocycles. The number of carbonyl (C=O) groups is 1. The summed E-state index contributed by atoms with van der Waals surface area (Å²) < 4.78 is 7.46. The molecular formula is C36H38ClN3O3S. The van der Waals surface area contributed by atoms with Crippen molar-refractivity contribution in [2.24, 2.45) is 0 Å². The summed E-state index contributed by atoms with van der Waals surface area (Å²) in [7, 11) is 0. The lowest BCUT2D eigenvalue weighted by Gasteiger charge is -2.52. The van der Waals surface area contributed by atoms with Crippen LogP contribution in [0.2, 0.25) is 5.02 Å². The Balaban J connectivity index is 1.64. The third-order valence-corrected chi connectivity index (χ3v) is 9.92. The second kappa shape index (κ2) is 12.5. The number of aryl methyl sites for hydroxylation is 2. The van der Waals surface area contributed by atoms with E-state index in [0.29, 0.717) is 46.6 Å². The first-order chi connectivity index (χ1) is 21.3. The van der Waals surface area contributed by atoms with E-state index in [1.165, 1.54) is 11.3 Å². The number of rotatable bonds is 7. The minimum atomic E-state index is -0.280. The molecule has 6 nitrogen and oxygen atoms in total. The molecule has 2 fully saturated rings. The van der Waals surface area contributed by atoms with E-state index in [2.05, 4.69) is 32.0 Å². The maximum Gasteiger partial charge on any atom is 0.265 e. The van der Waals surface area contributed by atoms with E-state index in [9.17, 15) is 9.59 Å². The zero-order chi connectivity index (χ0) is 31.0. The average molecular weight is 628 g/mol. The first-order valence-corrected chi connectivity index (χ1v) is 16.7. The highest BCUT2D eigenvalue weighted by Gasteiger charge is 2.48. The Morgan fingerprint density at radius 1 is 1.07 bits per heavy atom. The van der Waals surface area contributed by atoms with Gasteiger partial charge in [0.05, 0.1) is 47.0 Å². The smallest absolute Gasteiger partial charge is 0.265 e. The molecule has 4 heterocycles. The van der Waals surface area contributed by atoms with Crippen molar-refractivity contribution in [3.8, 4) is 27.5 Å². The van der Waals surface area contributed by atoms with Gasteiger partial charge in [-0.05, 0) is 81.4 Å². The molecule has 2 aromatic heterocycles. The molecular weight excluding hydrogens is 590 g/mol. The summed E-state index contributed by atoms with van der Waals surface area (Å²) in [5.41, 5.74) is 6.78. The summed E-state index contributed by atoms with van der Waals surface area (Å²) in [6.07, 6.45) is 6.45. The third-order valence-electron chi connectivity index (χ3n) is 8.79. The van der Waals surface area contributed by atoms with Crippen LogP contribution in [0, 0.1) is 0 Å². The van der Waals surface area contributed by atoms with E-state index in [0.717, 1.165) is 65.7 Å². The summed E-state index contributed by atoms with van der Waals surface area (Å²) in [6.45, 7) is 10.0. The lowest BCUT2D eigenvalue weighted by molar-refractivity contribution is -0.139. The van der Waals surface area contributed by atoms with E-state index in [4.69, 9.17) is 21.3 Å². The van der Waals surface area contributed by atoms with Crippen molar-refractivity contribution in [3.05, 3.63) is 97.2 Å². The molecule has 0 radical (unpaired) electrons. The number of pyridine rings is 1. The lowest BCUT2D eigenvalue weighted by Crippen LogP contribution is -2.65. The van der Waals surface area contributed by atoms with Crippen LogP contribution in [-0.2, 0) is 17.6 Å². The third kappa shape index (κ3) is 5.46. The topological polar surface area (TPSA) is 64.4 Å². The van der Waals surface area contributed by atoms with Crippen LogP contribution in [-0.4, -0.2) is 45.7 Å². The maximum absolute atomic E-state index is 14.8. The van der Waals surface area contributed by atoms with E-state index in [-0.39, 0.29) is 17.0 Å². The number of allylic oxidation sites excluding steroid dienone is 1. The van der Waals surface area contributed by atoms with E-state index >= 15 is 0 Å². The number of piperidine rings is 1. The van der Waals surface area contributed by atoms with Gasteiger partial charge in [-0.1, -0.05) is 61.4 Å². The van der Waals surface area contributed by atoms with Crippen molar-refractivity contribution >= 4 is 34.9 Å². The van der Waals surface area contributed by atoms with Crippen LogP contribution in [0.15, 0.2) is 64.3 Å². The molecule has 0 unspecified atom stereocenters. The minimum Gasteiger partial charge on any atom is -0.376 e.